The van der Waals surface area contributed by atoms with Crippen LogP contribution in [-0.4, -0.2) is 77.6 Å². The number of benzene rings is 2. The van der Waals surface area contributed by atoms with Gasteiger partial charge in [0.25, 0.3) is 0 Å². The predicted molar refractivity (Wildman–Crippen MR) is 125 cm³/mol. The number of ether oxygens (including phenoxy) is 2. The summed E-state index contributed by atoms with van der Waals surface area (Å²) >= 11 is 0. The minimum Gasteiger partial charge on any atom is -0.504 e. The molecule has 2 aromatic carbocycles. The van der Waals surface area contributed by atoms with Crippen LogP contribution < -0.4 is 0 Å². The van der Waals surface area contributed by atoms with Crippen LogP contribution in [0.15, 0.2) is 48.6 Å². The Kier molecular flexibility index (Phi) is 8.05. The first kappa shape index (κ1) is 27.0. The van der Waals surface area contributed by atoms with E-state index in [2.05, 4.69) is 0 Å². The molecule has 1 aliphatic carbocycles. The largest absolute Gasteiger partial charge is 0.504 e. The quantitative estimate of drug-likeness (QED) is 0.156. The van der Waals surface area contributed by atoms with Crippen LogP contribution in [0.3, 0.4) is 0 Å². The van der Waals surface area contributed by atoms with E-state index in [0.717, 1.165) is 18.2 Å². The zero-order valence-corrected chi connectivity index (χ0v) is 19.1. The molecule has 1 fully saturated rings. The van der Waals surface area contributed by atoms with Gasteiger partial charge in [0.2, 0.25) is 5.60 Å². The summed E-state index contributed by atoms with van der Waals surface area (Å²) in [6.07, 6.45) is -2.09. The van der Waals surface area contributed by atoms with E-state index in [4.69, 9.17) is 9.47 Å². The van der Waals surface area contributed by atoms with E-state index in [1.54, 1.807) is 0 Å². The second-order valence-electron chi connectivity index (χ2n) is 8.33. The number of aliphatic hydroxyl groups excluding tert-OH is 2. The summed E-state index contributed by atoms with van der Waals surface area (Å²) in [5.41, 5.74) is -1.73. The maximum Gasteiger partial charge on any atom is 0.348 e. The Balaban J connectivity index is 1.73. The van der Waals surface area contributed by atoms with Crippen LogP contribution in [-0.2, 0) is 23.9 Å². The van der Waals surface area contributed by atoms with E-state index < -0.39 is 66.2 Å². The number of aliphatic hydroxyl groups is 2. The number of rotatable bonds is 7. The van der Waals surface area contributed by atoms with Gasteiger partial charge < -0.3 is 45.2 Å². The van der Waals surface area contributed by atoms with Crippen molar-refractivity contribution in [3.63, 3.8) is 0 Å². The number of esters is 2. The Hall–Kier alpha value is -4.55. The van der Waals surface area contributed by atoms with Crippen molar-refractivity contribution in [1.82, 2.24) is 0 Å². The fourth-order valence-electron chi connectivity index (χ4n) is 3.68. The summed E-state index contributed by atoms with van der Waals surface area (Å²) < 4.78 is 10.2. The SMILES string of the molecule is O=C(/C=C/c1ccc(O)c(O)c1)O[C@H]1C[C@@](OC(=O)/C=C/c2ccc(O)c(O)c2)(C(=O)O)C[C@@H](O)[C@H]1O. The highest BCUT2D eigenvalue weighted by Gasteiger charge is 2.54. The zero-order chi connectivity index (χ0) is 27.3. The number of carbonyl (C=O) groups excluding carboxylic acids is 2. The molecule has 1 aliphatic rings. The minimum absolute atomic E-state index is 0.288. The monoisotopic (exact) mass is 516 g/mol. The summed E-state index contributed by atoms with van der Waals surface area (Å²) in [6.45, 7) is 0. The number of carboxylic acids is 1. The van der Waals surface area contributed by atoms with Gasteiger partial charge in [0.15, 0.2) is 23.0 Å². The summed E-state index contributed by atoms with van der Waals surface area (Å²) in [7, 11) is 0. The molecule has 12 heteroatoms. The van der Waals surface area contributed by atoms with E-state index in [0.29, 0.717) is 5.56 Å². The summed E-state index contributed by atoms with van der Waals surface area (Å²) in [5, 5.41) is 68.0. The molecule has 0 spiro atoms. The fourth-order valence-corrected chi connectivity index (χ4v) is 3.68. The Morgan fingerprint density at radius 2 is 1.30 bits per heavy atom. The molecule has 4 atom stereocenters. The van der Waals surface area contributed by atoms with Gasteiger partial charge in [-0.05, 0) is 47.5 Å². The fraction of sp³-hybridized carbons (Fsp3) is 0.240. The van der Waals surface area contributed by atoms with Crippen molar-refractivity contribution in [2.75, 3.05) is 0 Å². The average Bonchev–Trinajstić information content (AvgIpc) is 2.83. The highest BCUT2D eigenvalue weighted by atomic mass is 16.6. The number of carbonyl (C=O) groups is 3. The van der Waals surface area contributed by atoms with E-state index in [-0.39, 0.29) is 17.1 Å². The number of phenolic OH excluding ortho intramolecular Hbond substituents is 4. The van der Waals surface area contributed by atoms with Gasteiger partial charge in [0.1, 0.15) is 12.2 Å². The smallest absolute Gasteiger partial charge is 0.348 e. The van der Waals surface area contributed by atoms with Crippen molar-refractivity contribution >= 4 is 30.1 Å². The molecule has 37 heavy (non-hydrogen) atoms. The van der Waals surface area contributed by atoms with E-state index in [1.165, 1.54) is 42.5 Å². The van der Waals surface area contributed by atoms with E-state index >= 15 is 0 Å². The molecule has 0 unspecified atom stereocenters. The van der Waals surface area contributed by atoms with Crippen LogP contribution >= 0.6 is 0 Å². The maximum absolute atomic E-state index is 12.4. The van der Waals surface area contributed by atoms with Gasteiger partial charge in [0.05, 0.1) is 6.10 Å². The Bertz CT molecular complexity index is 1250. The molecule has 0 aromatic heterocycles. The lowest BCUT2D eigenvalue weighted by Crippen LogP contribution is -2.58. The molecule has 0 heterocycles. The number of hydrogen-bond acceptors (Lipinski definition) is 11. The van der Waals surface area contributed by atoms with Gasteiger partial charge in [-0.15, -0.1) is 0 Å². The maximum atomic E-state index is 12.4. The molecule has 3 rings (SSSR count). The van der Waals surface area contributed by atoms with Crippen LogP contribution in [0.5, 0.6) is 23.0 Å². The van der Waals surface area contributed by atoms with Gasteiger partial charge in [0, 0.05) is 25.0 Å². The first-order valence-corrected chi connectivity index (χ1v) is 10.8. The second-order valence-corrected chi connectivity index (χ2v) is 8.33. The summed E-state index contributed by atoms with van der Waals surface area (Å²) in [4.78, 5) is 36.7. The third-order valence-corrected chi connectivity index (χ3v) is 5.62. The lowest BCUT2D eigenvalue weighted by atomic mass is 9.79. The molecule has 7 N–H and O–H groups in total. The van der Waals surface area contributed by atoms with Gasteiger partial charge in [-0.3, -0.25) is 0 Å². The summed E-state index contributed by atoms with van der Waals surface area (Å²) in [6, 6.07) is 7.44. The van der Waals surface area contributed by atoms with Crippen LogP contribution in [0.25, 0.3) is 12.2 Å². The highest BCUT2D eigenvalue weighted by Crippen LogP contribution is 2.35. The molecule has 0 aliphatic heterocycles. The van der Waals surface area contributed by atoms with Gasteiger partial charge >= 0.3 is 17.9 Å². The van der Waals surface area contributed by atoms with E-state index in [1.807, 2.05) is 0 Å². The molecular weight excluding hydrogens is 492 g/mol. The van der Waals surface area contributed by atoms with Crippen LogP contribution in [0.2, 0.25) is 0 Å². The zero-order valence-electron chi connectivity index (χ0n) is 19.1. The number of aromatic hydroxyl groups is 4. The summed E-state index contributed by atoms with van der Waals surface area (Å²) in [5.74, 6) is -5.41. The Morgan fingerprint density at radius 3 is 1.78 bits per heavy atom. The molecule has 0 radical (unpaired) electrons. The third-order valence-electron chi connectivity index (χ3n) is 5.62. The van der Waals surface area contributed by atoms with Crippen molar-refractivity contribution in [1.29, 1.82) is 0 Å². The number of phenols is 4. The number of aliphatic carboxylic acids is 1. The normalized spacial score (nSPS) is 23.7. The average molecular weight is 516 g/mol. The minimum atomic E-state index is -2.34. The lowest BCUT2D eigenvalue weighted by molar-refractivity contribution is -0.207. The Labute approximate surface area is 209 Å². The van der Waals surface area contributed by atoms with Crippen molar-refractivity contribution in [2.45, 2.75) is 36.8 Å². The lowest BCUT2D eigenvalue weighted by Gasteiger charge is -2.41. The van der Waals surface area contributed by atoms with Crippen LogP contribution in [0.4, 0.5) is 0 Å². The van der Waals surface area contributed by atoms with Crippen molar-refractivity contribution in [2.24, 2.45) is 0 Å². The molecule has 12 nitrogen and oxygen atoms in total. The van der Waals surface area contributed by atoms with Crippen LogP contribution in [0, 0.1) is 0 Å². The number of carboxylic acid groups (broad SMARTS) is 1. The second kappa shape index (κ2) is 11.0. The third kappa shape index (κ3) is 6.57. The van der Waals surface area contributed by atoms with Gasteiger partial charge in [-0.25, -0.2) is 14.4 Å². The van der Waals surface area contributed by atoms with Gasteiger partial charge in [-0.1, -0.05) is 12.1 Å². The number of hydrogen-bond donors (Lipinski definition) is 7. The van der Waals surface area contributed by atoms with Crippen molar-refractivity contribution < 1.29 is 59.6 Å². The van der Waals surface area contributed by atoms with E-state index in [9.17, 15) is 50.1 Å². The van der Waals surface area contributed by atoms with Gasteiger partial charge in [-0.2, -0.15) is 0 Å². The van der Waals surface area contributed by atoms with Crippen molar-refractivity contribution in [3.05, 3.63) is 59.7 Å². The Morgan fingerprint density at radius 1 is 0.784 bits per heavy atom. The molecule has 2 aromatic rings. The molecule has 0 amide bonds. The molecule has 1 saturated carbocycles. The first-order valence-electron chi connectivity index (χ1n) is 10.8. The highest BCUT2D eigenvalue weighted by molar-refractivity contribution is 5.91. The standard InChI is InChI=1S/C25H24O12/c26-15-5-1-13(9-17(15)28)3-7-21(31)36-20-12-25(24(34)35,11-19(30)23(20)33)37-22(32)8-4-14-2-6-16(27)18(29)10-14/h1-10,19-20,23,26-30,33H,11-12H2,(H,34,35)/b7-3+,8-4+/t19-,20+,23-,25-/m1/s1. The molecule has 0 saturated heterocycles. The molecule has 196 valence electrons. The molecule has 0 bridgehead atoms. The topological polar surface area (TPSA) is 211 Å². The predicted octanol–water partition coefficient (Wildman–Crippen LogP) is 1.03. The van der Waals surface area contributed by atoms with Crippen molar-refractivity contribution in [3.8, 4) is 23.0 Å². The molecular formula is C25H24O12. The van der Waals surface area contributed by atoms with Crippen LogP contribution in [0.1, 0.15) is 24.0 Å². The first-order chi connectivity index (χ1) is 17.4.